The zero-order chi connectivity index (χ0) is 12.6. The van der Waals surface area contributed by atoms with E-state index in [-0.39, 0.29) is 0 Å². The van der Waals surface area contributed by atoms with Gasteiger partial charge < -0.3 is 10.1 Å². The Morgan fingerprint density at radius 1 is 1.33 bits per heavy atom. The number of hydrogen-bond donors (Lipinski definition) is 1. The third-order valence-electron chi connectivity index (χ3n) is 3.77. The minimum Gasteiger partial charge on any atom is -0.378 e. The first-order valence-electron chi connectivity index (χ1n) is 7.26. The lowest BCUT2D eigenvalue weighted by Gasteiger charge is -2.23. The summed E-state index contributed by atoms with van der Waals surface area (Å²) in [6, 6.07) is 10.8. The molecule has 0 aromatic heterocycles. The van der Waals surface area contributed by atoms with E-state index in [0.29, 0.717) is 12.0 Å². The van der Waals surface area contributed by atoms with Crippen molar-refractivity contribution in [1.82, 2.24) is 5.32 Å². The predicted molar refractivity (Wildman–Crippen MR) is 75.8 cm³/mol. The van der Waals surface area contributed by atoms with Gasteiger partial charge in [-0.25, -0.2) is 0 Å². The molecule has 2 heteroatoms. The molecule has 0 aliphatic carbocycles. The average molecular weight is 247 g/mol. The predicted octanol–water partition coefficient (Wildman–Crippen LogP) is 3.02. The third kappa shape index (κ3) is 4.11. The zero-order valence-electron chi connectivity index (χ0n) is 11.4. The fourth-order valence-corrected chi connectivity index (χ4v) is 2.77. The summed E-state index contributed by atoms with van der Waals surface area (Å²) < 4.78 is 5.89. The van der Waals surface area contributed by atoms with Crippen molar-refractivity contribution in [2.24, 2.45) is 5.92 Å². The van der Waals surface area contributed by atoms with E-state index in [4.69, 9.17) is 4.74 Å². The van der Waals surface area contributed by atoms with Crippen molar-refractivity contribution >= 4 is 0 Å². The molecule has 0 bridgehead atoms. The van der Waals surface area contributed by atoms with Crippen LogP contribution in [-0.2, 0) is 11.2 Å². The number of hydrogen-bond acceptors (Lipinski definition) is 2. The van der Waals surface area contributed by atoms with Gasteiger partial charge in [0.2, 0.25) is 0 Å². The molecule has 1 heterocycles. The standard InChI is InChI=1S/C16H25NO/c1-2-17-11-10-15(16-9-6-12-18-16)13-14-7-4-3-5-8-14/h3-5,7-8,15-17H,2,6,9-13H2,1H3/t15-,16-/m0/s1. The van der Waals surface area contributed by atoms with Crippen molar-refractivity contribution in [3.63, 3.8) is 0 Å². The SMILES string of the molecule is CCNCC[C@@H](Cc1ccccc1)[C@@H]1CCCO1. The number of nitrogens with one attached hydrogen (secondary N) is 1. The van der Waals surface area contributed by atoms with Crippen LogP contribution >= 0.6 is 0 Å². The second-order valence-electron chi connectivity index (χ2n) is 5.14. The first-order chi connectivity index (χ1) is 8.90. The van der Waals surface area contributed by atoms with Gasteiger partial charge in [0.25, 0.3) is 0 Å². The van der Waals surface area contributed by atoms with Gasteiger partial charge in [-0.1, -0.05) is 37.3 Å². The highest BCUT2D eigenvalue weighted by atomic mass is 16.5. The second kappa shape index (κ2) is 7.55. The van der Waals surface area contributed by atoms with E-state index in [0.717, 1.165) is 26.1 Å². The van der Waals surface area contributed by atoms with Gasteiger partial charge in [0.15, 0.2) is 0 Å². The molecule has 18 heavy (non-hydrogen) atoms. The van der Waals surface area contributed by atoms with Gasteiger partial charge in [0.05, 0.1) is 6.10 Å². The second-order valence-corrected chi connectivity index (χ2v) is 5.14. The Kier molecular flexibility index (Phi) is 5.69. The van der Waals surface area contributed by atoms with E-state index in [1.807, 2.05) is 0 Å². The molecule has 1 aliphatic rings. The maximum absolute atomic E-state index is 5.89. The highest BCUT2D eigenvalue weighted by Crippen LogP contribution is 2.26. The summed E-state index contributed by atoms with van der Waals surface area (Å²) in [7, 11) is 0. The van der Waals surface area contributed by atoms with Crippen LogP contribution in [0.3, 0.4) is 0 Å². The molecular weight excluding hydrogens is 222 g/mol. The van der Waals surface area contributed by atoms with Gasteiger partial charge >= 0.3 is 0 Å². The lowest BCUT2D eigenvalue weighted by Crippen LogP contribution is -2.26. The molecule has 0 radical (unpaired) electrons. The quantitative estimate of drug-likeness (QED) is 0.748. The Bertz CT molecular complexity index is 319. The van der Waals surface area contributed by atoms with Gasteiger partial charge in [-0.3, -0.25) is 0 Å². The van der Waals surface area contributed by atoms with Crippen molar-refractivity contribution < 1.29 is 4.74 Å². The Hall–Kier alpha value is -0.860. The third-order valence-corrected chi connectivity index (χ3v) is 3.77. The van der Waals surface area contributed by atoms with Gasteiger partial charge in [-0.2, -0.15) is 0 Å². The number of benzene rings is 1. The fourth-order valence-electron chi connectivity index (χ4n) is 2.77. The lowest BCUT2D eigenvalue weighted by molar-refractivity contribution is 0.0596. The van der Waals surface area contributed by atoms with E-state index in [2.05, 4.69) is 42.6 Å². The Morgan fingerprint density at radius 3 is 2.83 bits per heavy atom. The lowest BCUT2D eigenvalue weighted by atomic mass is 9.89. The molecule has 0 saturated carbocycles. The largest absolute Gasteiger partial charge is 0.378 e. The van der Waals surface area contributed by atoms with Gasteiger partial charge in [-0.15, -0.1) is 0 Å². The summed E-state index contributed by atoms with van der Waals surface area (Å²) in [5, 5.41) is 3.43. The van der Waals surface area contributed by atoms with Gasteiger partial charge in [-0.05, 0) is 50.3 Å². The average Bonchev–Trinajstić information content (AvgIpc) is 2.93. The van der Waals surface area contributed by atoms with E-state index in [9.17, 15) is 0 Å². The molecule has 1 fully saturated rings. The molecule has 2 rings (SSSR count). The van der Waals surface area contributed by atoms with Crippen molar-refractivity contribution in [2.45, 2.75) is 38.7 Å². The summed E-state index contributed by atoms with van der Waals surface area (Å²) in [5.74, 6) is 0.661. The normalized spacial score (nSPS) is 21.1. The number of ether oxygens (including phenoxy) is 1. The molecule has 100 valence electrons. The van der Waals surface area contributed by atoms with Crippen LogP contribution in [0.15, 0.2) is 30.3 Å². The molecular formula is C16H25NO. The molecule has 0 amide bonds. The molecule has 1 aromatic rings. The van der Waals surface area contributed by atoms with Crippen LogP contribution in [-0.4, -0.2) is 25.8 Å². The zero-order valence-corrected chi connectivity index (χ0v) is 11.4. The molecule has 1 N–H and O–H groups in total. The smallest absolute Gasteiger partial charge is 0.0607 e. The van der Waals surface area contributed by atoms with Crippen LogP contribution in [0.25, 0.3) is 0 Å². The first-order valence-corrected chi connectivity index (χ1v) is 7.26. The molecule has 1 aliphatic heterocycles. The molecule has 0 unspecified atom stereocenters. The summed E-state index contributed by atoms with van der Waals surface area (Å²) in [4.78, 5) is 0. The van der Waals surface area contributed by atoms with Crippen LogP contribution in [0.2, 0.25) is 0 Å². The van der Waals surface area contributed by atoms with Crippen LogP contribution in [0, 0.1) is 5.92 Å². The first kappa shape index (κ1) is 13.6. The monoisotopic (exact) mass is 247 g/mol. The fraction of sp³-hybridized carbons (Fsp3) is 0.625. The van der Waals surface area contributed by atoms with Gasteiger partial charge in [0, 0.05) is 6.61 Å². The molecule has 0 spiro atoms. The highest BCUT2D eigenvalue weighted by Gasteiger charge is 2.25. The summed E-state index contributed by atoms with van der Waals surface area (Å²) in [6.45, 7) is 5.28. The van der Waals surface area contributed by atoms with Gasteiger partial charge in [0.1, 0.15) is 0 Å². The Labute approximate surface area is 111 Å². The molecule has 2 nitrogen and oxygen atoms in total. The maximum Gasteiger partial charge on any atom is 0.0607 e. The van der Waals surface area contributed by atoms with Crippen molar-refractivity contribution in [3.8, 4) is 0 Å². The summed E-state index contributed by atoms with van der Waals surface area (Å²) in [6.07, 6.45) is 5.31. The Balaban J connectivity index is 1.90. The van der Waals surface area contributed by atoms with E-state index < -0.39 is 0 Å². The molecule has 1 saturated heterocycles. The minimum absolute atomic E-state index is 0.476. The van der Waals surface area contributed by atoms with E-state index >= 15 is 0 Å². The summed E-state index contributed by atoms with van der Waals surface area (Å²) in [5.41, 5.74) is 1.44. The van der Waals surface area contributed by atoms with Crippen molar-refractivity contribution in [3.05, 3.63) is 35.9 Å². The van der Waals surface area contributed by atoms with Crippen molar-refractivity contribution in [1.29, 1.82) is 0 Å². The Morgan fingerprint density at radius 2 is 2.17 bits per heavy atom. The van der Waals surface area contributed by atoms with Crippen LogP contribution < -0.4 is 5.32 Å². The van der Waals surface area contributed by atoms with E-state index in [1.165, 1.54) is 24.8 Å². The number of rotatable bonds is 7. The van der Waals surface area contributed by atoms with Crippen LogP contribution in [0.4, 0.5) is 0 Å². The molecule has 2 atom stereocenters. The van der Waals surface area contributed by atoms with Crippen LogP contribution in [0.1, 0.15) is 31.7 Å². The molecule has 1 aromatic carbocycles. The maximum atomic E-state index is 5.89. The van der Waals surface area contributed by atoms with Crippen LogP contribution in [0.5, 0.6) is 0 Å². The van der Waals surface area contributed by atoms with Crippen molar-refractivity contribution in [2.75, 3.05) is 19.7 Å². The van der Waals surface area contributed by atoms with E-state index in [1.54, 1.807) is 0 Å². The summed E-state index contributed by atoms with van der Waals surface area (Å²) >= 11 is 0. The topological polar surface area (TPSA) is 21.3 Å². The highest BCUT2D eigenvalue weighted by molar-refractivity contribution is 5.15. The minimum atomic E-state index is 0.476.